The number of hydrogen-bond donors (Lipinski definition) is 1. The molecule has 0 saturated carbocycles. The van der Waals surface area contributed by atoms with E-state index in [1.165, 1.54) is 0 Å². The Labute approximate surface area is 119 Å². The van der Waals surface area contributed by atoms with Gasteiger partial charge in [-0.05, 0) is 16.3 Å². The minimum Gasteiger partial charge on any atom is -0.394 e. The van der Waals surface area contributed by atoms with Gasteiger partial charge in [-0.15, -0.1) is 12.8 Å². The van der Waals surface area contributed by atoms with Crippen LogP contribution >= 0.6 is 0 Å². The largest absolute Gasteiger partial charge is 0.394 e. The summed E-state index contributed by atoms with van der Waals surface area (Å²) in [5.74, 6) is 5.09. The number of hydrogen-bond acceptors (Lipinski definition) is 2. The summed E-state index contributed by atoms with van der Waals surface area (Å²) in [5, 5.41) is 11.1. The predicted molar refractivity (Wildman–Crippen MR) is 81.1 cm³/mol. The summed E-state index contributed by atoms with van der Waals surface area (Å²) < 4.78 is 5.51. The van der Waals surface area contributed by atoms with E-state index in [9.17, 15) is 0 Å². The normalized spacial score (nSPS) is 10.9. The van der Waals surface area contributed by atoms with Gasteiger partial charge >= 0.3 is 0 Å². The standard InChI is InChI=1S/C18H16O2/c1-3-18(4-2,20-13-12-19)14-16-10-7-9-15-8-5-6-11-17(15)16/h1-2,5-11,19H,12-14H2. The van der Waals surface area contributed by atoms with Crippen molar-refractivity contribution < 1.29 is 9.84 Å². The molecule has 2 rings (SSSR count). The van der Waals surface area contributed by atoms with Gasteiger partial charge in [0.05, 0.1) is 13.2 Å². The van der Waals surface area contributed by atoms with Crippen molar-refractivity contribution in [2.24, 2.45) is 0 Å². The molecule has 2 heteroatoms. The second kappa shape index (κ2) is 6.26. The molecule has 2 aromatic rings. The molecule has 0 saturated heterocycles. The van der Waals surface area contributed by atoms with E-state index in [2.05, 4.69) is 11.8 Å². The molecule has 0 aliphatic rings. The highest BCUT2D eigenvalue weighted by Gasteiger charge is 2.26. The average Bonchev–Trinajstić information content (AvgIpc) is 2.52. The molecule has 0 spiro atoms. The Bertz CT molecular complexity index is 654. The number of aliphatic hydroxyl groups excluding tert-OH is 1. The van der Waals surface area contributed by atoms with Gasteiger partial charge in [0.25, 0.3) is 0 Å². The van der Waals surface area contributed by atoms with Crippen LogP contribution < -0.4 is 0 Å². The van der Waals surface area contributed by atoms with Gasteiger partial charge in [-0.3, -0.25) is 0 Å². The topological polar surface area (TPSA) is 29.5 Å². The van der Waals surface area contributed by atoms with Crippen molar-refractivity contribution in [3.05, 3.63) is 48.0 Å². The van der Waals surface area contributed by atoms with E-state index in [4.69, 9.17) is 22.7 Å². The average molecular weight is 264 g/mol. The molecule has 2 aromatic carbocycles. The second-order valence-electron chi connectivity index (χ2n) is 4.50. The quantitative estimate of drug-likeness (QED) is 0.840. The van der Waals surface area contributed by atoms with Gasteiger partial charge < -0.3 is 9.84 Å². The van der Waals surface area contributed by atoms with Crippen LogP contribution in [0.1, 0.15) is 5.56 Å². The molecule has 0 radical (unpaired) electrons. The first-order chi connectivity index (χ1) is 9.74. The first kappa shape index (κ1) is 14.2. The van der Waals surface area contributed by atoms with Crippen molar-refractivity contribution in [1.82, 2.24) is 0 Å². The summed E-state index contributed by atoms with van der Waals surface area (Å²) in [6.45, 7) is 0.0137. The lowest BCUT2D eigenvalue weighted by molar-refractivity contribution is 0.0194. The van der Waals surface area contributed by atoms with E-state index < -0.39 is 5.60 Å². The first-order valence-electron chi connectivity index (χ1n) is 6.41. The zero-order chi connectivity index (χ0) is 14.4. The van der Waals surface area contributed by atoms with Crippen molar-refractivity contribution >= 4 is 10.8 Å². The summed E-state index contributed by atoms with van der Waals surface area (Å²) in [6, 6.07) is 14.1. The number of ether oxygens (including phenoxy) is 1. The van der Waals surface area contributed by atoms with Crippen LogP contribution in [0.25, 0.3) is 10.8 Å². The van der Waals surface area contributed by atoms with Gasteiger partial charge in [-0.1, -0.05) is 54.3 Å². The fraction of sp³-hybridized carbons (Fsp3) is 0.222. The Morgan fingerprint density at radius 1 is 1.05 bits per heavy atom. The molecule has 0 aromatic heterocycles. The number of fused-ring (bicyclic) bond motifs is 1. The molecule has 0 atom stereocenters. The molecular formula is C18H16O2. The summed E-state index contributed by atoms with van der Waals surface area (Å²) in [6.07, 6.45) is 11.5. The second-order valence-corrected chi connectivity index (χ2v) is 4.50. The summed E-state index contributed by atoms with van der Waals surface area (Å²) >= 11 is 0. The number of benzene rings is 2. The molecule has 100 valence electrons. The van der Waals surface area contributed by atoms with Crippen LogP contribution in [0.15, 0.2) is 42.5 Å². The summed E-state index contributed by atoms with van der Waals surface area (Å²) in [5.41, 5.74) is -0.0794. The van der Waals surface area contributed by atoms with Crippen molar-refractivity contribution in [2.45, 2.75) is 12.0 Å². The Morgan fingerprint density at radius 3 is 2.45 bits per heavy atom. The molecule has 1 N–H and O–H groups in total. The Hall–Kier alpha value is -2.26. The number of rotatable bonds is 5. The van der Waals surface area contributed by atoms with Crippen LogP contribution in [0.4, 0.5) is 0 Å². The van der Waals surface area contributed by atoms with E-state index in [1.54, 1.807) is 0 Å². The van der Waals surface area contributed by atoms with Gasteiger partial charge in [0.2, 0.25) is 0 Å². The van der Waals surface area contributed by atoms with Crippen LogP contribution in [-0.4, -0.2) is 23.9 Å². The Balaban J connectivity index is 2.39. The highest BCUT2D eigenvalue weighted by Crippen LogP contribution is 2.24. The molecule has 20 heavy (non-hydrogen) atoms. The van der Waals surface area contributed by atoms with E-state index in [0.717, 1.165) is 16.3 Å². The molecule has 2 nitrogen and oxygen atoms in total. The minimum absolute atomic E-state index is 0.110. The summed E-state index contributed by atoms with van der Waals surface area (Å²) in [7, 11) is 0. The molecular weight excluding hydrogens is 248 g/mol. The van der Waals surface area contributed by atoms with Gasteiger partial charge in [0.15, 0.2) is 5.60 Å². The lowest BCUT2D eigenvalue weighted by Gasteiger charge is -2.23. The van der Waals surface area contributed by atoms with Crippen LogP contribution in [0.3, 0.4) is 0 Å². The predicted octanol–water partition coefficient (Wildman–Crippen LogP) is 2.40. The van der Waals surface area contributed by atoms with Crippen LogP contribution in [0.2, 0.25) is 0 Å². The van der Waals surface area contributed by atoms with E-state index >= 15 is 0 Å². The molecule has 0 amide bonds. The molecule has 0 unspecified atom stereocenters. The van der Waals surface area contributed by atoms with Crippen molar-refractivity contribution in [1.29, 1.82) is 0 Å². The van der Waals surface area contributed by atoms with E-state index in [0.29, 0.717) is 6.42 Å². The van der Waals surface area contributed by atoms with Crippen molar-refractivity contribution in [2.75, 3.05) is 13.2 Å². The highest BCUT2D eigenvalue weighted by molar-refractivity contribution is 5.85. The van der Waals surface area contributed by atoms with Crippen molar-refractivity contribution in [3.63, 3.8) is 0 Å². The van der Waals surface area contributed by atoms with Gasteiger partial charge in [0, 0.05) is 6.42 Å². The molecule has 0 aliphatic carbocycles. The van der Waals surface area contributed by atoms with Gasteiger partial charge in [0.1, 0.15) is 0 Å². The highest BCUT2D eigenvalue weighted by atomic mass is 16.5. The number of aliphatic hydroxyl groups is 1. The fourth-order valence-corrected chi connectivity index (χ4v) is 2.21. The Morgan fingerprint density at radius 2 is 1.75 bits per heavy atom. The molecule has 0 fully saturated rings. The molecule has 0 aliphatic heterocycles. The zero-order valence-electron chi connectivity index (χ0n) is 11.2. The van der Waals surface area contributed by atoms with Crippen molar-refractivity contribution in [3.8, 4) is 24.7 Å². The lowest BCUT2D eigenvalue weighted by atomic mass is 9.92. The maximum absolute atomic E-state index is 8.90. The Kier molecular flexibility index (Phi) is 4.43. The SMILES string of the molecule is C#CC(C#C)(Cc1cccc2ccccc12)OCCO. The van der Waals surface area contributed by atoms with E-state index in [1.807, 2.05) is 42.5 Å². The zero-order valence-corrected chi connectivity index (χ0v) is 11.2. The van der Waals surface area contributed by atoms with Gasteiger partial charge in [-0.2, -0.15) is 0 Å². The minimum atomic E-state index is -1.12. The smallest absolute Gasteiger partial charge is 0.193 e. The number of terminal acetylenes is 2. The summed E-state index contributed by atoms with van der Waals surface area (Å²) in [4.78, 5) is 0. The van der Waals surface area contributed by atoms with Gasteiger partial charge in [-0.25, -0.2) is 0 Å². The third kappa shape index (κ3) is 2.83. The third-order valence-corrected chi connectivity index (χ3v) is 3.23. The maximum Gasteiger partial charge on any atom is 0.193 e. The third-order valence-electron chi connectivity index (χ3n) is 3.23. The molecule has 0 bridgehead atoms. The van der Waals surface area contributed by atoms with Crippen LogP contribution in [0.5, 0.6) is 0 Å². The van der Waals surface area contributed by atoms with Crippen LogP contribution in [0, 0.1) is 24.7 Å². The fourth-order valence-electron chi connectivity index (χ4n) is 2.21. The van der Waals surface area contributed by atoms with Crippen LogP contribution in [-0.2, 0) is 11.2 Å². The monoisotopic (exact) mass is 264 g/mol. The first-order valence-corrected chi connectivity index (χ1v) is 6.41. The molecule has 0 heterocycles. The maximum atomic E-state index is 8.90. The van der Waals surface area contributed by atoms with E-state index in [-0.39, 0.29) is 13.2 Å². The lowest BCUT2D eigenvalue weighted by Crippen LogP contribution is -2.33.